The molecule has 4 heteroatoms. The molecule has 4 nitrogen and oxygen atoms in total. The lowest BCUT2D eigenvalue weighted by atomic mass is 11.0. The van der Waals surface area contributed by atoms with Gasteiger partial charge in [0.25, 0.3) is 0 Å². The van der Waals surface area contributed by atoms with Gasteiger partial charge in [0.1, 0.15) is 20.4 Å². The maximum atomic E-state index is 8.68. The molecule has 0 rings (SSSR count). The van der Waals surface area contributed by atoms with E-state index in [0.717, 1.165) is 0 Å². The Morgan fingerprint density at radius 3 is 0.889 bits per heavy atom. The molecule has 9 heavy (non-hydrogen) atoms. The normalized spacial score (nSPS) is 2.78. The summed E-state index contributed by atoms with van der Waals surface area (Å²) in [4.78, 5) is 32.7. The Kier molecular flexibility index (Phi) is 5920. The van der Waals surface area contributed by atoms with Gasteiger partial charge < -0.3 is 14.4 Å². The lowest BCUT2D eigenvalue weighted by Gasteiger charge is -1.19. The van der Waals surface area contributed by atoms with Crippen LogP contribution in [0.4, 0.5) is 0 Å². The molecule has 0 saturated carbocycles. The van der Waals surface area contributed by atoms with Crippen molar-refractivity contribution in [2.24, 2.45) is 0 Å². The van der Waals surface area contributed by atoms with E-state index in [1.165, 1.54) is 13.2 Å². The zero-order valence-electron chi connectivity index (χ0n) is 5.25. The van der Waals surface area contributed by atoms with Crippen LogP contribution in [0.25, 0.3) is 0 Å². The second-order valence-electron chi connectivity index (χ2n) is 0.204. The average molecular weight is 133 g/mol. The van der Waals surface area contributed by atoms with Gasteiger partial charge in [0.15, 0.2) is 6.29 Å². The molecular formula is C5H9O4. The van der Waals surface area contributed by atoms with Gasteiger partial charge in [0, 0.05) is 6.92 Å². The van der Waals surface area contributed by atoms with Crippen molar-refractivity contribution in [1.82, 2.24) is 0 Å². The fraction of sp³-hybridized carbons (Fsp3) is 0.200. The maximum absolute atomic E-state index is 8.68. The highest BCUT2D eigenvalue weighted by Crippen LogP contribution is 1.13. The first-order chi connectivity index (χ1) is 4.41. The van der Waals surface area contributed by atoms with Gasteiger partial charge in [-0.15, -0.1) is 0 Å². The fourth-order valence-electron chi connectivity index (χ4n) is 0. The molecule has 0 atom stereocenters. The first kappa shape index (κ1) is 25.3. The molecule has 0 aliphatic heterocycles. The van der Waals surface area contributed by atoms with E-state index in [1.807, 2.05) is 20.4 Å². The summed E-state index contributed by atoms with van der Waals surface area (Å²) in [5.74, 6) is 0. The molecule has 0 aromatic carbocycles. The number of hydrogen-bond donors (Lipinski definition) is 0. The first-order valence-electron chi connectivity index (χ1n) is 1.57. The van der Waals surface area contributed by atoms with Crippen LogP contribution in [0.2, 0.25) is 0 Å². The Hall–Kier alpha value is -1.32. The molecule has 0 aliphatic carbocycles. The van der Waals surface area contributed by atoms with Gasteiger partial charge in [-0.3, -0.25) is 4.79 Å². The predicted octanol–water partition coefficient (Wildman–Crippen LogP) is -0.439. The largest absolute Gasteiger partial charge is 0.307 e. The van der Waals surface area contributed by atoms with Crippen LogP contribution >= 0.6 is 0 Å². The second-order valence-corrected chi connectivity index (χ2v) is 0.204. The lowest BCUT2D eigenvalue weighted by molar-refractivity contribution is -0.0987. The van der Waals surface area contributed by atoms with E-state index in [9.17, 15) is 0 Å². The highest BCUT2D eigenvalue weighted by molar-refractivity contribution is 5.45. The molecule has 0 bridgehead atoms. The third-order valence-corrected chi connectivity index (χ3v) is 0. The van der Waals surface area contributed by atoms with Crippen LogP contribution < -0.4 is 0 Å². The molecule has 0 aromatic heterocycles. The van der Waals surface area contributed by atoms with Gasteiger partial charge in [0.05, 0.1) is 0 Å². The zero-order valence-corrected chi connectivity index (χ0v) is 5.25. The Balaban J connectivity index is -0.0000000190. The molecular weight excluding hydrogens is 124 g/mol. The number of carbonyl (C=O) groups excluding carboxylic acids is 4. The molecule has 0 aliphatic rings. The molecule has 53 valence electrons. The smallest absolute Gasteiger partial charge is 0.195 e. The average Bonchev–Trinajstić information content (AvgIpc) is 2.01. The summed E-state index contributed by atoms with van der Waals surface area (Å²) in [5, 5.41) is 0. The van der Waals surface area contributed by atoms with Crippen LogP contribution in [-0.2, 0) is 19.2 Å². The number of hydrogen-bond acceptors (Lipinski definition) is 4. The van der Waals surface area contributed by atoms with Crippen LogP contribution in [0.15, 0.2) is 0 Å². The van der Waals surface area contributed by atoms with Crippen LogP contribution in [-0.4, -0.2) is 26.7 Å². The Bertz CT molecular complexity index is 33.2. The van der Waals surface area contributed by atoms with Gasteiger partial charge in [-0.05, 0) is 0 Å². The Labute approximate surface area is 53.9 Å². The first-order valence-corrected chi connectivity index (χ1v) is 1.57. The Morgan fingerprint density at radius 1 is 0.889 bits per heavy atom. The summed E-state index contributed by atoms with van der Waals surface area (Å²) < 4.78 is 0. The topological polar surface area (TPSA) is 68.3 Å². The van der Waals surface area contributed by atoms with Gasteiger partial charge in [-0.25, -0.2) is 0 Å². The van der Waals surface area contributed by atoms with E-state index in [4.69, 9.17) is 19.2 Å². The van der Waals surface area contributed by atoms with Gasteiger partial charge in [-0.2, -0.15) is 0 Å². The number of rotatable bonds is 0. The van der Waals surface area contributed by atoms with Gasteiger partial charge >= 0.3 is 0 Å². The Morgan fingerprint density at radius 2 is 0.889 bits per heavy atom. The summed E-state index contributed by atoms with van der Waals surface area (Å²) in [6, 6.07) is 0. The molecule has 0 aromatic rings. The molecule has 0 unspecified atom stereocenters. The molecule has 0 fully saturated rings. The minimum absolute atomic E-state index is 1.32. The highest BCUT2D eigenvalue weighted by atomic mass is 16.1. The molecule has 1 radical (unpaired) electrons. The lowest BCUT2D eigenvalue weighted by Crippen LogP contribution is -1.35. The standard InChI is InChI=1S/C2H3O.3CH2O/c1-2-3;3*1-2/h1H3;3*1H2. The van der Waals surface area contributed by atoms with Crippen molar-refractivity contribution in [2.45, 2.75) is 6.92 Å². The molecule has 0 saturated heterocycles. The highest BCUT2D eigenvalue weighted by Gasteiger charge is 1.29. The van der Waals surface area contributed by atoms with Crippen LogP contribution in [0.3, 0.4) is 0 Å². The van der Waals surface area contributed by atoms with Crippen molar-refractivity contribution < 1.29 is 19.2 Å². The van der Waals surface area contributed by atoms with Crippen molar-refractivity contribution in [3.63, 3.8) is 0 Å². The van der Waals surface area contributed by atoms with Gasteiger partial charge in [0.2, 0.25) is 0 Å². The van der Waals surface area contributed by atoms with E-state index in [2.05, 4.69) is 0 Å². The van der Waals surface area contributed by atoms with Crippen molar-refractivity contribution in [3.8, 4) is 0 Å². The van der Waals surface area contributed by atoms with E-state index < -0.39 is 0 Å². The summed E-state index contributed by atoms with van der Waals surface area (Å²) in [5.41, 5.74) is 0. The summed E-state index contributed by atoms with van der Waals surface area (Å²) in [6.07, 6.45) is 1.50. The van der Waals surface area contributed by atoms with Crippen LogP contribution in [0.5, 0.6) is 0 Å². The van der Waals surface area contributed by atoms with E-state index in [1.54, 1.807) is 0 Å². The fourth-order valence-corrected chi connectivity index (χ4v) is 0. The van der Waals surface area contributed by atoms with Crippen molar-refractivity contribution in [2.75, 3.05) is 0 Å². The van der Waals surface area contributed by atoms with Crippen LogP contribution in [0.1, 0.15) is 6.92 Å². The predicted molar refractivity (Wildman–Crippen MR) is 32.7 cm³/mol. The molecule has 0 N–H and O–H groups in total. The summed E-state index contributed by atoms with van der Waals surface area (Å²) >= 11 is 0. The van der Waals surface area contributed by atoms with Gasteiger partial charge in [-0.1, -0.05) is 0 Å². The molecule has 0 amide bonds. The second kappa shape index (κ2) is 2100. The SMILES string of the molecule is C=O.C=O.C=O.C[C]=O. The molecule has 0 heterocycles. The number of carbonyl (C=O) groups is 3. The van der Waals surface area contributed by atoms with Crippen molar-refractivity contribution in [1.29, 1.82) is 0 Å². The third kappa shape index (κ3) is 84.0. The minimum atomic E-state index is 1.32. The summed E-state index contributed by atoms with van der Waals surface area (Å²) in [6.45, 7) is 7.32. The molecule has 0 spiro atoms. The summed E-state index contributed by atoms with van der Waals surface area (Å²) in [7, 11) is 0. The van der Waals surface area contributed by atoms with Crippen LogP contribution in [0, 0.1) is 0 Å². The maximum Gasteiger partial charge on any atom is 0.195 e. The third-order valence-electron chi connectivity index (χ3n) is 0. The minimum Gasteiger partial charge on any atom is -0.307 e. The van der Waals surface area contributed by atoms with E-state index in [0.29, 0.717) is 0 Å². The monoisotopic (exact) mass is 133 g/mol. The zero-order chi connectivity index (χ0) is 8.71. The van der Waals surface area contributed by atoms with E-state index >= 15 is 0 Å². The van der Waals surface area contributed by atoms with Crippen molar-refractivity contribution >= 4 is 26.7 Å². The quantitative estimate of drug-likeness (QED) is 0.449. The van der Waals surface area contributed by atoms with Crippen molar-refractivity contribution in [3.05, 3.63) is 0 Å². The van der Waals surface area contributed by atoms with E-state index in [-0.39, 0.29) is 0 Å².